The fourth-order valence-electron chi connectivity index (χ4n) is 3.45. The number of nitrogens with one attached hydrogen (secondary N) is 1. The van der Waals surface area contributed by atoms with Crippen LogP contribution in [-0.4, -0.2) is 42.6 Å². The van der Waals surface area contributed by atoms with Gasteiger partial charge in [-0.1, -0.05) is 26.7 Å². The van der Waals surface area contributed by atoms with Crippen LogP contribution >= 0.6 is 0 Å². The van der Waals surface area contributed by atoms with Crippen molar-refractivity contribution in [1.82, 2.24) is 10.2 Å². The van der Waals surface area contributed by atoms with Crippen LogP contribution in [0.25, 0.3) is 0 Å². The van der Waals surface area contributed by atoms with Gasteiger partial charge in [0.25, 0.3) is 0 Å². The fraction of sp³-hybridized carbons (Fsp3) is 0.875. The van der Waals surface area contributed by atoms with Crippen molar-refractivity contribution in [2.24, 2.45) is 11.8 Å². The van der Waals surface area contributed by atoms with Crippen LogP contribution in [0, 0.1) is 11.8 Å². The minimum atomic E-state index is -0.500. The number of methoxy groups -OCH3 is 1. The van der Waals surface area contributed by atoms with Crippen molar-refractivity contribution in [3.63, 3.8) is 0 Å². The van der Waals surface area contributed by atoms with Crippen LogP contribution in [0.2, 0.25) is 0 Å². The second-order valence-corrected chi connectivity index (χ2v) is 6.43. The van der Waals surface area contributed by atoms with Crippen LogP contribution in [0.5, 0.6) is 0 Å². The Kier molecular flexibility index (Phi) is 5.48. The van der Waals surface area contributed by atoms with Crippen molar-refractivity contribution in [3.05, 3.63) is 0 Å². The molecule has 5 nitrogen and oxygen atoms in total. The van der Waals surface area contributed by atoms with Crippen molar-refractivity contribution in [2.45, 2.75) is 64.5 Å². The molecule has 5 heteroatoms. The Bertz CT molecular complexity index is 382. The van der Waals surface area contributed by atoms with E-state index in [2.05, 4.69) is 23.9 Å². The highest BCUT2D eigenvalue weighted by molar-refractivity contribution is 5.86. The summed E-state index contributed by atoms with van der Waals surface area (Å²) < 4.78 is 4.69. The molecule has 2 rings (SSSR count). The average molecular weight is 296 g/mol. The topological polar surface area (TPSA) is 58.6 Å². The Labute approximate surface area is 127 Å². The zero-order valence-corrected chi connectivity index (χ0v) is 13.4. The molecule has 0 aromatic carbocycles. The van der Waals surface area contributed by atoms with Gasteiger partial charge in [0.2, 0.25) is 5.91 Å². The van der Waals surface area contributed by atoms with Crippen molar-refractivity contribution < 1.29 is 14.3 Å². The molecule has 0 radical (unpaired) electrons. The van der Waals surface area contributed by atoms with Crippen LogP contribution in [0.1, 0.15) is 52.4 Å². The molecule has 1 aliphatic heterocycles. The van der Waals surface area contributed by atoms with Gasteiger partial charge in [-0.25, -0.2) is 4.79 Å². The van der Waals surface area contributed by atoms with Crippen LogP contribution in [0.4, 0.5) is 4.79 Å². The molecular formula is C16H28N2O3. The van der Waals surface area contributed by atoms with Gasteiger partial charge in [0.1, 0.15) is 6.04 Å². The van der Waals surface area contributed by atoms with E-state index in [1.165, 1.54) is 7.11 Å². The predicted octanol–water partition coefficient (Wildman–Crippen LogP) is 2.55. The standard InChI is InChI=1S/C16H28N2O3/c1-4-11(2)13-9-6-10-18(13)15(19)14(12-7-5-8-12)17-16(20)21-3/h11-14H,4-10H2,1-3H3,(H,17,20)/t11-,13?,14-/m0/s1. The summed E-state index contributed by atoms with van der Waals surface area (Å²) in [6.45, 7) is 5.20. The first kappa shape index (κ1) is 16.1. The van der Waals surface area contributed by atoms with Gasteiger partial charge in [-0.05, 0) is 37.5 Å². The molecule has 0 aromatic rings. The number of amides is 2. The van der Waals surface area contributed by atoms with Gasteiger partial charge < -0.3 is 15.0 Å². The molecule has 0 spiro atoms. The first-order valence-electron chi connectivity index (χ1n) is 8.23. The third-order valence-electron chi connectivity index (χ3n) is 5.23. The van der Waals surface area contributed by atoms with Crippen LogP contribution in [-0.2, 0) is 9.53 Å². The Morgan fingerprint density at radius 1 is 1.29 bits per heavy atom. The molecule has 1 saturated carbocycles. The quantitative estimate of drug-likeness (QED) is 0.848. The van der Waals surface area contributed by atoms with E-state index in [0.29, 0.717) is 12.0 Å². The summed E-state index contributed by atoms with van der Waals surface area (Å²) in [5.74, 6) is 0.874. The summed E-state index contributed by atoms with van der Waals surface area (Å²) in [5.41, 5.74) is 0. The van der Waals surface area contributed by atoms with Gasteiger partial charge in [-0.15, -0.1) is 0 Å². The summed E-state index contributed by atoms with van der Waals surface area (Å²) in [5, 5.41) is 2.77. The molecule has 0 aromatic heterocycles. The van der Waals surface area contributed by atoms with Gasteiger partial charge >= 0.3 is 6.09 Å². The van der Waals surface area contributed by atoms with Crippen LogP contribution < -0.4 is 5.32 Å². The number of rotatable bonds is 5. The number of likely N-dealkylation sites (tertiary alicyclic amines) is 1. The van der Waals surface area contributed by atoms with E-state index in [-0.39, 0.29) is 11.8 Å². The maximum absolute atomic E-state index is 12.9. The van der Waals surface area contributed by atoms with Crippen molar-refractivity contribution in [2.75, 3.05) is 13.7 Å². The molecule has 3 atom stereocenters. The van der Waals surface area contributed by atoms with Crippen molar-refractivity contribution in [1.29, 1.82) is 0 Å². The smallest absolute Gasteiger partial charge is 0.407 e. The second-order valence-electron chi connectivity index (χ2n) is 6.43. The molecule has 2 amide bonds. The number of hydrogen-bond donors (Lipinski definition) is 1. The van der Waals surface area contributed by atoms with Crippen molar-refractivity contribution in [3.8, 4) is 0 Å². The lowest BCUT2D eigenvalue weighted by Gasteiger charge is -2.38. The summed E-state index contributed by atoms with van der Waals surface area (Å²) in [4.78, 5) is 26.5. The Balaban J connectivity index is 2.07. The number of nitrogens with zero attached hydrogens (tertiary/aromatic N) is 1. The normalized spacial score (nSPS) is 25.1. The minimum Gasteiger partial charge on any atom is -0.453 e. The Morgan fingerprint density at radius 2 is 2.00 bits per heavy atom. The van der Waals surface area contributed by atoms with Crippen LogP contribution in [0.3, 0.4) is 0 Å². The van der Waals surface area contributed by atoms with E-state index in [0.717, 1.165) is 45.1 Å². The lowest BCUT2D eigenvalue weighted by atomic mass is 9.79. The van der Waals surface area contributed by atoms with Gasteiger partial charge in [-0.2, -0.15) is 0 Å². The van der Waals surface area contributed by atoms with E-state index in [1.807, 2.05) is 4.90 Å². The highest BCUT2D eigenvalue weighted by Gasteiger charge is 2.40. The summed E-state index contributed by atoms with van der Waals surface area (Å²) in [6.07, 6.45) is 5.90. The molecule has 0 bridgehead atoms. The number of carbonyl (C=O) groups is 2. The molecule has 2 fully saturated rings. The largest absolute Gasteiger partial charge is 0.453 e. The molecule has 2 aliphatic rings. The van der Waals surface area contributed by atoms with E-state index >= 15 is 0 Å². The third-order valence-corrected chi connectivity index (χ3v) is 5.23. The molecule has 120 valence electrons. The molecular weight excluding hydrogens is 268 g/mol. The van der Waals surface area contributed by atoms with Gasteiger partial charge in [0, 0.05) is 12.6 Å². The number of carbonyl (C=O) groups excluding carboxylic acids is 2. The third kappa shape index (κ3) is 3.50. The highest BCUT2D eigenvalue weighted by atomic mass is 16.5. The molecule has 1 N–H and O–H groups in total. The molecule has 1 heterocycles. The molecule has 21 heavy (non-hydrogen) atoms. The maximum atomic E-state index is 12.9. The van der Waals surface area contributed by atoms with Gasteiger partial charge in [0.15, 0.2) is 0 Å². The summed E-state index contributed by atoms with van der Waals surface area (Å²) >= 11 is 0. The number of ether oxygens (including phenoxy) is 1. The zero-order valence-electron chi connectivity index (χ0n) is 13.4. The average Bonchev–Trinajstić information content (AvgIpc) is 2.92. The Morgan fingerprint density at radius 3 is 2.52 bits per heavy atom. The van der Waals surface area contributed by atoms with E-state index in [1.54, 1.807) is 0 Å². The minimum absolute atomic E-state index is 0.0906. The SMILES string of the molecule is CC[C@H](C)C1CCCN1C(=O)[C@@H](NC(=O)OC)C1CCC1. The first-order valence-corrected chi connectivity index (χ1v) is 8.23. The highest BCUT2D eigenvalue weighted by Crippen LogP contribution is 2.33. The molecule has 1 saturated heterocycles. The fourth-order valence-corrected chi connectivity index (χ4v) is 3.45. The predicted molar refractivity (Wildman–Crippen MR) is 80.9 cm³/mol. The van der Waals surface area contributed by atoms with E-state index in [4.69, 9.17) is 0 Å². The van der Waals surface area contributed by atoms with Crippen LogP contribution in [0.15, 0.2) is 0 Å². The summed E-state index contributed by atoms with van der Waals surface area (Å²) in [7, 11) is 1.34. The number of hydrogen-bond acceptors (Lipinski definition) is 3. The second kappa shape index (κ2) is 7.14. The van der Waals surface area contributed by atoms with E-state index < -0.39 is 12.1 Å². The van der Waals surface area contributed by atoms with E-state index in [9.17, 15) is 9.59 Å². The monoisotopic (exact) mass is 296 g/mol. The molecule has 1 aliphatic carbocycles. The van der Waals surface area contributed by atoms with Gasteiger partial charge in [-0.3, -0.25) is 4.79 Å². The van der Waals surface area contributed by atoms with Crippen molar-refractivity contribution >= 4 is 12.0 Å². The lowest BCUT2D eigenvalue weighted by molar-refractivity contribution is -0.137. The lowest BCUT2D eigenvalue weighted by Crippen LogP contribution is -2.55. The summed E-state index contributed by atoms with van der Waals surface area (Å²) in [6, 6.07) is -0.0830. The maximum Gasteiger partial charge on any atom is 0.407 e. The first-order chi connectivity index (χ1) is 10.1. The Hall–Kier alpha value is -1.26. The van der Waals surface area contributed by atoms with Gasteiger partial charge in [0.05, 0.1) is 7.11 Å². The molecule has 1 unspecified atom stereocenters. The zero-order chi connectivity index (χ0) is 15.4. The number of alkyl carbamates (subject to hydrolysis) is 1.